The molecule has 0 bridgehead atoms. The molecule has 1 aliphatic rings. The summed E-state index contributed by atoms with van der Waals surface area (Å²) in [5, 5.41) is 17.4. The van der Waals surface area contributed by atoms with E-state index < -0.39 is 12.4 Å². The minimum atomic E-state index is -3.15. The number of rotatable bonds is 2. The molecule has 0 saturated carbocycles. The lowest BCUT2D eigenvalue weighted by Gasteiger charge is -2.12. The van der Waals surface area contributed by atoms with Crippen LogP contribution < -0.4 is 15.5 Å². The first-order valence-corrected chi connectivity index (χ1v) is 7.78. The monoisotopic (exact) mass is 309 g/mol. The van der Waals surface area contributed by atoms with Gasteiger partial charge in [-0.05, 0) is 18.2 Å². The molecule has 0 aliphatic carbocycles. The summed E-state index contributed by atoms with van der Waals surface area (Å²) >= 11 is 5.85. The van der Waals surface area contributed by atoms with E-state index in [0.717, 1.165) is 0 Å². The predicted octanol–water partition coefficient (Wildman–Crippen LogP) is 3.60. The number of nitrogens with zero attached hydrogens (tertiary/aromatic N) is 1. The average Bonchev–Trinajstić information content (AvgIpc) is 2.76. The second-order valence-corrected chi connectivity index (χ2v) is 6.89. The van der Waals surface area contributed by atoms with Gasteiger partial charge in [0.15, 0.2) is 0 Å². The summed E-state index contributed by atoms with van der Waals surface area (Å²) in [5.74, 6) is 0. The molecule has 0 spiro atoms. The highest BCUT2D eigenvalue weighted by Crippen LogP contribution is 2.56. The number of halogens is 1. The van der Waals surface area contributed by atoms with Crippen LogP contribution in [-0.2, 0) is 4.57 Å². The number of hydrogen-bond acceptors (Lipinski definition) is 3. The Morgan fingerprint density at radius 1 is 1.15 bits per heavy atom. The van der Waals surface area contributed by atoms with Gasteiger partial charge in [0.1, 0.15) is 5.69 Å². The third-order valence-electron chi connectivity index (χ3n) is 2.95. The molecule has 0 saturated heterocycles. The molecule has 0 aromatic heterocycles. The molecule has 6 nitrogen and oxygen atoms in total. The van der Waals surface area contributed by atoms with Crippen molar-refractivity contribution in [3.05, 3.63) is 57.6 Å². The van der Waals surface area contributed by atoms with Crippen LogP contribution in [0, 0.1) is 10.1 Å². The van der Waals surface area contributed by atoms with Gasteiger partial charge in [-0.2, -0.15) is 0 Å². The number of fused-ring (bicyclic) bond motifs is 1. The molecule has 3 rings (SSSR count). The molecule has 20 heavy (non-hydrogen) atoms. The van der Waals surface area contributed by atoms with Gasteiger partial charge in [0, 0.05) is 11.1 Å². The van der Waals surface area contributed by atoms with Gasteiger partial charge in [0.05, 0.1) is 15.9 Å². The number of nitro groups is 1. The Morgan fingerprint density at radius 3 is 2.50 bits per heavy atom. The molecular formula is C12H9ClN3O3P. The normalized spacial score (nSPS) is 19.9. The summed E-state index contributed by atoms with van der Waals surface area (Å²) in [4.78, 5) is 10.5. The highest BCUT2D eigenvalue weighted by Gasteiger charge is 2.37. The summed E-state index contributed by atoms with van der Waals surface area (Å²) in [6.07, 6.45) is 0. The van der Waals surface area contributed by atoms with E-state index in [0.29, 0.717) is 11.0 Å². The Bertz CT molecular complexity index is 751. The van der Waals surface area contributed by atoms with Crippen molar-refractivity contribution in [3.63, 3.8) is 0 Å². The Labute approximate surface area is 119 Å². The number of nitrogens with one attached hydrogen (secondary N) is 2. The maximum atomic E-state index is 12.9. The first-order valence-electron chi connectivity index (χ1n) is 5.70. The zero-order valence-electron chi connectivity index (χ0n) is 10.0. The fourth-order valence-corrected chi connectivity index (χ4v) is 4.25. The molecule has 0 fully saturated rings. The van der Waals surface area contributed by atoms with Gasteiger partial charge in [0.25, 0.3) is 13.1 Å². The number of nitro benzene ring substituents is 1. The van der Waals surface area contributed by atoms with Crippen molar-refractivity contribution in [1.29, 1.82) is 0 Å². The largest absolute Gasteiger partial charge is 0.315 e. The average molecular weight is 310 g/mol. The van der Waals surface area contributed by atoms with Crippen molar-refractivity contribution in [1.82, 2.24) is 0 Å². The molecule has 1 aliphatic heterocycles. The fraction of sp³-hybridized carbons (Fsp3) is 0. The summed E-state index contributed by atoms with van der Waals surface area (Å²) < 4.78 is 12.9. The Morgan fingerprint density at radius 2 is 1.85 bits per heavy atom. The van der Waals surface area contributed by atoms with Crippen LogP contribution in [0.3, 0.4) is 0 Å². The maximum absolute atomic E-state index is 12.9. The fourth-order valence-electron chi connectivity index (χ4n) is 2.06. The van der Waals surface area contributed by atoms with Crippen LogP contribution in [0.25, 0.3) is 0 Å². The van der Waals surface area contributed by atoms with Crippen LogP contribution >= 0.6 is 19.0 Å². The lowest BCUT2D eigenvalue weighted by Crippen LogP contribution is -2.12. The minimum Gasteiger partial charge on any atom is -0.315 e. The van der Waals surface area contributed by atoms with Gasteiger partial charge in [-0.1, -0.05) is 29.8 Å². The Balaban J connectivity index is 2.11. The SMILES string of the molecule is O=[N+]([O-])c1cc(Cl)cc2c1N[P@](=O)(c1ccccc1)N2. The van der Waals surface area contributed by atoms with Gasteiger partial charge in [0.2, 0.25) is 0 Å². The van der Waals surface area contributed by atoms with E-state index in [9.17, 15) is 14.7 Å². The molecule has 2 aromatic carbocycles. The molecule has 102 valence electrons. The summed E-state index contributed by atoms with van der Waals surface area (Å²) in [7, 11) is -3.15. The lowest BCUT2D eigenvalue weighted by molar-refractivity contribution is -0.383. The van der Waals surface area contributed by atoms with Crippen LogP contribution in [-0.4, -0.2) is 4.92 Å². The van der Waals surface area contributed by atoms with Crippen LogP contribution in [0.2, 0.25) is 5.02 Å². The summed E-state index contributed by atoms with van der Waals surface area (Å²) in [6, 6.07) is 11.4. The minimum absolute atomic E-state index is 0.200. The molecular weight excluding hydrogens is 301 g/mol. The Kier molecular flexibility index (Phi) is 2.92. The first kappa shape index (κ1) is 13.0. The van der Waals surface area contributed by atoms with Crippen molar-refractivity contribution < 1.29 is 9.49 Å². The van der Waals surface area contributed by atoms with Crippen LogP contribution in [0.15, 0.2) is 42.5 Å². The molecule has 8 heteroatoms. The quantitative estimate of drug-likeness (QED) is 0.503. The smallest absolute Gasteiger partial charge is 0.296 e. The van der Waals surface area contributed by atoms with Gasteiger partial charge >= 0.3 is 0 Å². The van der Waals surface area contributed by atoms with E-state index >= 15 is 0 Å². The van der Waals surface area contributed by atoms with E-state index in [2.05, 4.69) is 10.2 Å². The summed E-state index contributed by atoms with van der Waals surface area (Å²) in [5.41, 5.74) is 0.372. The van der Waals surface area contributed by atoms with Crippen molar-refractivity contribution in [2.75, 3.05) is 10.2 Å². The van der Waals surface area contributed by atoms with Crippen molar-refractivity contribution in [2.24, 2.45) is 0 Å². The maximum Gasteiger partial charge on any atom is 0.296 e. The first-order chi connectivity index (χ1) is 9.49. The zero-order chi connectivity index (χ0) is 14.3. The van der Waals surface area contributed by atoms with Crippen molar-refractivity contribution in [3.8, 4) is 0 Å². The van der Waals surface area contributed by atoms with Crippen LogP contribution in [0.1, 0.15) is 0 Å². The van der Waals surface area contributed by atoms with E-state index in [-0.39, 0.29) is 16.4 Å². The highest BCUT2D eigenvalue weighted by atomic mass is 35.5. The topological polar surface area (TPSA) is 84.3 Å². The standard InChI is InChI=1S/C12H9ClN3O3P/c13-8-6-10-12(11(7-8)16(17)18)15-20(19,14-10)9-4-2-1-3-5-9/h1-7H,(H2,14,15,19)/t20-/m0/s1. The predicted molar refractivity (Wildman–Crippen MR) is 79.0 cm³/mol. The molecule has 0 amide bonds. The summed E-state index contributed by atoms with van der Waals surface area (Å²) in [6.45, 7) is 0. The molecule has 2 N–H and O–H groups in total. The zero-order valence-corrected chi connectivity index (χ0v) is 11.7. The van der Waals surface area contributed by atoms with Crippen molar-refractivity contribution >= 4 is 41.4 Å². The second-order valence-electron chi connectivity index (χ2n) is 4.27. The van der Waals surface area contributed by atoms with Crippen molar-refractivity contribution in [2.45, 2.75) is 0 Å². The number of hydrogen-bond donors (Lipinski definition) is 2. The van der Waals surface area contributed by atoms with E-state index in [1.807, 2.05) is 0 Å². The molecule has 0 radical (unpaired) electrons. The molecule has 2 aromatic rings. The third-order valence-corrected chi connectivity index (χ3v) is 5.28. The number of benzene rings is 2. The molecule has 1 atom stereocenters. The van der Waals surface area contributed by atoms with E-state index in [1.165, 1.54) is 12.1 Å². The van der Waals surface area contributed by atoms with Crippen LogP contribution in [0.5, 0.6) is 0 Å². The van der Waals surface area contributed by atoms with Gasteiger partial charge in [-0.25, -0.2) is 0 Å². The third kappa shape index (κ3) is 2.03. The second kappa shape index (κ2) is 4.51. The lowest BCUT2D eigenvalue weighted by atomic mass is 10.2. The van der Waals surface area contributed by atoms with Gasteiger partial charge < -0.3 is 10.2 Å². The van der Waals surface area contributed by atoms with E-state index in [1.54, 1.807) is 30.3 Å². The van der Waals surface area contributed by atoms with Gasteiger partial charge in [-0.15, -0.1) is 0 Å². The molecule has 0 unspecified atom stereocenters. The molecule has 1 heterocycles. The van der Waals surface area contributed by atoms with Crippen LogP contribution in [0.4, 0.5) is 17.1 Å². The highest BCUT2D eigenvalue weighted by molar-refractivity contribution is 7.75. The number of anilines is 2. The van der Waals surface area contributed by atoms with E-state index in [4.69, 9.17) is 11.6 Å². The Hall–Kier alpha value is -2.04. The van der Waals surface area contributed by atoms with Gasteiger partial charge in [-0.3, -0.25) is 14.7 Å².